The quantitative estimate of drug-likeness (QED) is 0.559. The summed E-state index contributed by atoms with van der Waals surface area (Å²) in [7, 11) is 0. The van der Waals surface area contributed by atoms with E-state index in [4.69, 9.17) is 5.11 Å². The molecule has 88 valence electrons. The number of rotatable bonds is 10. The zero-order chi connectivity index (χ0) is 11.5. The van der Waals surface area contributed by atoms with Crippen LogP contribution in [-0.2, 0) is 4.79 Å². The average Bonchev–Trinajstić information content (AvgIpc) is 2.14. The van der Waals surface area contributed by atoms with Crippen molar-refractivity contribution in [3.05, 3.63) is 12.4 Å². The summed E-state index contributed by atoms with van der Waals surface area (Å²) < 4.78 is 12.2. The Kier molecular flexibility index (Phi) is 9.13. The topological polar surface area (TPSA) is 37.3 Å². The predicted octanol–water partition coefficient (Wildman–Crippen LogP) is 4.07. The Morgan fingerprint density at radius 2 is 1.33 bits per heavy atom. The molecule has 15 heavy (non-hydrogen) atoms. The smallest absolute Gasteiger partial charge is 0.303 e. The van der Waals surface area contributed by atoms with Crippen molar-refractivity contribution in [3.63, 3.8) is 0 Å². The maximum absolute atomic E-state index is 12.2. The van der Waals surface area contributed by atoms with Gasteiger partial charge in [0, 0.05) is 6.42 Å². The van der Waals surface area contributed by atoms with Crippen molar-refractivity contribution in [2.45, 2.75) is 57.8 Å². The summed E-state index contributed by atoms with van der Waals surface area (Å²) >= 11 is 0. The summed E-state index contributed by atoms with van der Waals surface area (Å²) in [4.78, 5) is 10.2. The predicted molar refractivity (Wildman–Crippen MR) is 59.4 cm³/mol. The molecule has 0 unspecified atom stereocenters. The zero-order valence-electron chi connectivity index (χ0n) is 9.30. The van der Waals surface area contributed by atoms with Crippen molar-refractivity contribution < 1.29 is 14.3 Å². The van der Waals surface area contributed by atoms with Crippen LogP contribution in [-0.4, -0.2) is 11.1 Å². The first-order valence-corrected chi connectivity index (χ1v) is 5.68. The molecule has 0 aromatic rings. The number of halogens is 1. The van der Waals surface area contributed by atoms with Gasteiger partial charge in [0.2, 0.25) is 0 Å². The number of hydrogen-bond donors (Lipinski definition) is 1. The lowest BCUT2D eigenvalue weighted by Crippen LogP contribution is -1.93. The molecule has 0 spiro atoms. The van der Waals surface area contributed by atoms with Gasteiger partial charge in [-0.1, -0.05) is 38.7 Å². The monoisotopic (exact) mass is 216 g/mol. The Labute approximate surface area is 91.2 Å². The van der Waals surface area contributed by atoms with Crippen LogP contribution in [0.15, 0.2) is 12.4 Å². The fraction of sp³-hybridized carbons (Fsp3) is 0.750. The lowest BCUT2D eigenvalue weighted by molar-refractivity contribution is -0.137. The third-order valence-electron chi connectivity index (χ3n) is 2.34. The Morgan fingerprint density at radius 3 is 1.73 bits per heavy atom. The second-order valence-corrected chi connectivity index (χ2v) is 3.89. The van der Waals surface area contributed by atoms with Crippen molar-refractivity contribution in [2.24, 2.45) is 0 Å². The summed E-state index contributed by atoms with van der Waals surface area (Å²) in [6.07, 6.45) is 7.77. The van der Waals surface area contributed by atoms with E-state index in [1.54, 1.807) is 0 Å². The van der Waals surface area contributed by atoms with Gasteiger partial charge < -0.3 is 5.11 Å². The SMILES string of the molecule is C=C(F)CCCCCCCCCC(=O)O. The largest absolute Gasteiger partial charge is 0.481 e. The molecule has 0 radical (unpaired) electrons. The van der Waals surface area contributed by atoms with Crippen LogP contribution in [0.1, 0.15) is 57.8 Å². The van der Waals surface area contributed by atoms with Gasteiger partial charge in [-0.15, -0.1) is 0 Å². The molecule has 3 heteroatoms. The van der Waals surface area contributed by atoms with Crippen molar-refractivity contribution in [2.75, 3.05) is 0 Å². The molecule has 0 fully saturated rings. The van der Waals surface area contributed by atoms with Crippen molar-refractivity contribution >= 4 is 5.97 Å². The van der Waals surface area contributed by atoms with E-state index in [2.05, 4.69) is 6.58 Å². The minimum Gasteiger partial charge on any atom is -0.481 e. The van der Waals surface area contributed by atoms with E-state index >= 15 is 0 Å². The molecular formula is C12H21FO2. The van der Waals surface area contributed by atoms with Gasteiger partial charge in [0.1, 0.15) is 0 Å². The van der Waals surface area contributed by atoms with E-state index in [9.17, 15) is 9.18 Å². The third kappa shape index (κ3) is 13.1. The average molecular weight is 216 g/mol. The summed E-state index contributed by atoms with van der Waals surface area (Å²) in [6.45, 7) is 3.21. The third-order valence-corrected chi connectivity index (χ3v) is 2.34. The van der Waals surface area contributed by atoms with Crippen LogP contribution in [0.3, 0.4) is 0 Å². The van der Waals surface area contributed by atoms with E-state index in [1.165, 1.54) is 0 Å². The number of carboxylic acid groups (broad SMARTS) is 1. The summed E-state index contributed by atoms with van der Waals surface area (Å²) in [5, 5.41) is 8.39. The number of unbranched alkanes of at least 4 members (excludes halogenated alkanes) is 6. The van der Waals surface area contributed by atoms with Crippen LogP contribution >= 0.6 is 0 Å². The van der Waals surface area contributed by atoms with Crippen molar-refractivity contribution in [3.8, 4) is 0 Å². The van der Waals surface area contributed by atoms with Crippen LogP contribution in [0, 0.1) is 0 Å². The fourth-order valence-electron chi connectivity index (χ4n) is 1.48. The molecule has 0 aliphatic carbocycles. The molecule has 0 saturated carbocycles. The van der Waals surface area contributed by atoms with Crippen LogP contribution in [0.5, 0.6) is 0 Å². The maximum atomic E-state index is 12.2. The molecule has 0 amide bonds. The Hall–Kier alpha value is -0.860. The summed E-state index contributed by atoms with van der Waals surface area (Å²) in [6, 6.07) is 0. The molecule has 0 heterocycles. The van der Waals surface area contributed by atoms with Gasteiger partial charge in [-0.2, -0.15) is 0 Å². The van der Waals surface area contributed by atoms with E-state index in [0.29, 0.717) is 6.42 Å². The lowest BCUT2D eigenvalue weighted by atomic mass is 10.1. The Morgan fingerprint density at radius 1 is 0.933 bits per heavy atom. The second-order valence-electron chi connectivity index (χ2n) is 3.89. The van der Waals surface area contributed by atoms with Crippen molar-refractivity contribution in [1.29, 1.82) is 0 Å². The molecule has 0 rings (SSSR count). The Bertz CT molecular complexity index is 170. The second kappa shape index (κ2) is 9.69. The number of hydrogen-bond acceptors (Lipinski definition) is 1. The van der Waals surface area contributed by atoms with Gasteiger partial charge in [0.15, 0.2) is 0 Å². The van der Waals surface area contributed by atoms with E-state index in [1.807, 2.05) is 0 Å². The first kappa shape index (κ1) is 14.1. The van der Waals surface area contributed by atoms with Crippen LogP contribution in [0.2, 0.25) is 0 Å². The van der Waals surface area contributed by atoms with Gasteiger partial charge in [-0.3, -0.25) is 4.79 Å². The lowest BCUT2D eigenvalue weighted by Gasteiger charge is -2.00. The standard InChI is InChI=1S/C12H21FO2/c1-11(13)9-7-5-3-2-4-6-8-10-12(14)15/h1-10H2,(H,14,15). The number of carboxylic acids is 1. The normalized spacial score (nSPS) is 10.2. The molecule has 0 aliphatic rings. The fourth-order valence-corrected chi connectivity index (χ4v) is 1.48. The minimum absolute atomic E-state index is 0.226. The van der Waals surface area contributed by atoms with E-state index < -0.39 is 5.97 Å². The first-order chi connectivity index (χ1) is 7.13. The highest BCUT2D eigenvalue weighted by atomic mass is 19.1. The van der Waals surface area contributed by atoms with E-state index in [0.717, 1.165) is 44.9 Å². The summed E-state index contributed by atoms with van der Waals surface area (Å²) in [5.41, 5.74) is 0. The van der Waals surface area contributed by atoms with Crippen LogP contribution < -0.4 is 0 Å². The van der Waals surface area contributed by atoms with Gasteiger partial charge in [0.05, 0.1) is 5.83 Å². The maximum Gasteiger partial charge on any atom is 0.303 e. The first-order valence-electron chi connectivity index (χ1n) is 5.68. The van der Waals surface area contributed by atoms with Gasteiger partial charge in [-0.05, 0) is 19.3 Å². The molecule has 1 N–H and O–H groups in total. The highest BCUT2D eigenvalue weighted by molar-refractivity contribution is 5.66. The molecule has 0 bridgehead atoms. The highest BCUT2D eigenvalue weighted by Gasteiger charge is 1.96. The van der Waals surface area contributed by atoms with Crippen LogP contribution in [0.25, 0.3) is 0 Å². The van der Waals surface area contributed by atoms with Crippen LogP contribution in [0.4, 0.5) is 4.39 Å². The number of aliphatic carboxylic acids is 1. The molecule has 2 nitrogen and oxygen atoms in total. The molecular weight excluding hydrogens is 195 g/mol. The highest BCUT2D eigenvalue weighted by Crippen LogP contribution is 2.12. The number of allylic oxidation sites excluding steroid dienone is 1. The molecule has 0 aliphatic heterocycles. The van der Waals surface area contributed by atoms with Crippen molar-refractivity contribution in [1.82, 2.24) is 0 Å². The van der Waals surface area contributed by atoms with Gasteiger partial charge in [0.25, 0.3) is 0 Å². The molecule has 0 aromatic carbocycles. The Balaban J connectivity index is 2.99. The molecule has 0 atom stereocenters. The van der Waals surface area contributed by atoms with E-state index in [-0.39, 0.29) is 12.2 Å². The number of carbonyl (C=O) groups is 1. The zero-order valence-corrected chi connectivity index (χ0v) is 9.30. The van der Waals surface area contributed by atoms with Gasteiger partial charge in [-0.25, -0.2) is 4.39 Å². The minimum atomic E-state index is -0.712. The summed E-state index contributed by atoms with van der Waals surface area (Å²) in [5.74, 6) is -0.937. The van der Waals surface area contributed by atoms with Gasteiger partial charge >= 0.3 is 5.97 Å². The molecule has 0 aromatic heterocycles. The molecule has 0 saturated heterocycles.